The van der Waals surface area contributed by atoms with E-state index in [4.69, 9.17) is 17.3 Å². The molecule has 1 saturated carbocycles. The summed E-state index contributed by atoms with van der Waals surface area (Å²) in [7, 11) is -3.37. The van der Waals surface area contributed by atoms with Crippen LogP contribution in [0.4, 0.5) is 10.5 Å². The summed E-state index contributed by atoms with van der Waals surface area (Å²) >= 11 is 6.33. The number of urea groups is 1. The molecule has 0 radical (unpaired) electrons. The molecule has 0 aliphatic heterocycles. The van der Waals surface area contributed by atoms with Gasteiger partial charge in [-0.1, -0.05) is 29.8 Å². The number of nitrogens with two attached hydrogens (primary N) is 1. The quantitative estimate of drug-likeness (QED) is 0.571. The summed E-state index contributed by atoms with van der Waals surface area (Å²) in [6.45, 7) is 3.77. The lowest BCUT2D eigenvalue weighted by atomic mass is 9.88. The minimum atomic E-state index is -3.37. The number of sulfone groups is 1. The van der Waals surface area contributed by atoms with Crippen LogP contribution < -0.4 is 16.4 Å². The van der Waals surface area contributed by atoms with Gasteiger partial charge in [-0.2, -0.15) is 0 Å². The number of amides is 2. The fourth-order valence-electron chi connectivity index (χ4n) is 3.95. The predicted molar refractivity (Wildman–Crippen MR) is 125 cm³/mol. The number of nitrogens with one attached hydrogen (secondary N) is 2. The standard InChI is InChI=1S/C23H30ClN3O3S/c1-15-4-3-5-21(22(15)24)16(2)26-23(28)27-19-10-12-20(13-11-19)31(29,30)14-17-6-8-18(25)9-7-17/h3-5,10-13,16-18H,6-9,14,25H2,1-2H3,(H2,26,27,28). The summed E-state index contributed by atoms with van der Waals surface area (Å²) in [6.07, 6.45) is 3.46. The smallest absolute Gasteiger partial charge is 0.319 e. The maximum atomic E-state index is 12.7. The molecule has 1 aliphatic rings. The fourth-order valence-corrected chi connectivity index (χ4v) is 5.94. The minimum absolute atomic E-state index is 0.141. The third-order valence-corrected chi connectivity index (χ3v) is 8.27. The normalized spacial score (nSPS) is 20.1. The Balaban J connectivity index is 1.58. The number of anilines is 1. The van der Waals surface area contributed by atoms with Crippen LogP contribution in [0.3, 0.4) is 0 Å². The molecule has 2 amide bonds. The molecule has 1 fully saturated rings. The van der Waals surface area contributed by atoms with Crippen LogP contribution in [0.15, 0.2) is 47.4 Å². The Hall–Kier alpha value is -2.09. The van der Waals surface area contributed by atoms with Gasteiger partial charge in [-0.3, -0.25) is 0 Å². The van der Waals surface area contributed by atoms with E-state index < -0.39 is 9.84 Å². The highest BCUT2D eigenvalue weighted by atomic mass is 35.5. The van der Waals surface area contributed by atoms with Crippen molar-refractivity contribution in [3.05, 3.63) is 58.6 Å². The van der Waals surface area contributed by atoms with Crippen LogP contribution in [0.5, 0.6) is 0 Å². The first-order valence-corrected chi connectivity index (χ1v) is 12.6. The summed E-state index contributed by atoms with van der Waals surface area (Å²) in [5.41, 5.74) is 8.21. The molecule has 4 N–H and O–H groups in total. The van der Waals surface area contributed by atoms with E-state index in [0.29, 0.717) is 10.7 Å². The summed E-state index contributed by atoms with van der Waals surface area (Å²) in [5, 5.41) is 6.22. The highest BCUT2D eigenvalue weighted by Crippen LogP contribution is 2.28. The number of carbonyl (C=O) groups excluding carboxylic acids is 1. The zero-order chi connectivity index (χ0) is 22.6. The Kier molecular flexibility index (Phi) is 7.62. The van der Waals surface area contributed by atoms with E-state index >= 15 is 0 Å². The van der Waals surface area contributed by atoms with E-state index in [1.807, 2.05) is 32.0 Å². The van der Waals surface area contributed by atoms with Crippen molar-refractivity contribution in [1.29, 1.82) is 0 Å². The summed E-state index contributed by atoms with van der Waals surface area (Å²) in [6, 6.07) is 11.5. The molecular weight excluding hydrogens is 434 g/mol. The molecule has 0 spiro atoms. The van der Waals surface area contributed by atoms with E-state index in [2.05, 4.69) is 10.6 Å². The van der Waals surface area contributed by atoms with Crippen LogP contribution in [-0.4, -0.2) is 26.2 Å². The molecule has 168 valence electrons. The molecule has 2 aromatic rings. The van der Waals surface area contributed by atoms with Crippen molar-refractivity contribution in [3.63, 3.8) is 0 Å². The maximum Gasteiger partial charge on any atom is 0.319 e. The van der Waals surface area contributed by atoms with Crippen molar-refractivity contribution >= 4 is 33.2 Å². The van der Waals surface area contributed by atoms with Crippen LogP contribution in [0.2, 0.25) is 5.02 Å². The van der Waals surface area contributed by atoms with E-state index in [9.17, 15) is 13.2 Å². The Morgan fingerprint density at radius 2 is 1.77 bits per heavy atom. The van der Waals surface area contributed by atoms with Crippen molar-refractivity contribution in [1.82, 2.24) is 5.32 Å². The van der Waals surface area contributed by atoms with E-state index in [1.54, 1.807) is 24.3 Å². The Labute approximate surface area is 189 Å². The lowest BCUT2D eigenvalue weighted by Crippen LogP contribution is -2.31. The highest BCUT2D eigenvalue weighted by Gasteiger charge is 2.25. The first-order chi connectivity index (χ1) is 14.7. The number of rotatable bonds is 6. The number of benzene rings is 2. The largest absolute Gasteiger partial charge is 0.331 e. The van der Waals surface area contributed by atoms with Crippen molar-refractivity contribution in [3.8, 4) is 0 Å². The number of halogens is 1. The van der Waals surface area contributed by atoms with Gasteiger partial charge in [-0.05, 0) is 80.8 Å². The van der Waals surface area contributed by atoms with Crippen molar-refractivity contribution in [2.45, 2.75) is 56.5 Å². The van der Waals surface area contributed by atoms with Gasteiger partial charge in [0.1, 0.15) is 0 Å². The van der Waals surface area contributed by atoms with E-state index in [1.165, 1.54) is 0 Å². The van der Waals surface area contributed by atoms with Crippen LogP contribution in [0.25, 0.3) is 0 Å². The Morgan fingerprint density at radius 3 is 2.42 bits per heavy atom. The molecular formula is C23H30ClN3O3S. The monoisotopic (exact) mass is 463 g/mol. The van der Waals surface area contributed by atoms with Gasteiger partial charge in [-0.15, -0.1) is 0 Å². The van der Waals surface area contributed by atoms with Crippen LogP contribution in [0, 0.1) is 12.8 Å². The molecule has 6 nitrogen and oxygen atoms in total. The summed E-state index contributed by atoms with van der Waals surface area (Å²) in [4.78, 5) is 12.6. The molecule has 3 rings (SSSR count). The molecule has 31 heavy (non-hydrogen) atoms. The highest BCUT2D eigenvalue weighted by molar-refractivity contribution is 7.91. The molecule has 1 unspecified atom stereocenters. The molecule has 0 aromatic heterocycles. The summed E-state index contributed by atoms with van der Waals surface area (Å²) in [5.74, 6) is 0.296. The van der Waals surface area contributed by atoms with Crippen LogP contribution >= 0.6 is 11.6 Å². The predicted octanol–water partition coefficient (Wildman–Crippen LogP) is 4.82. The minimum Gasteiger partial charge on any atom is -0.331 e. The molecule has 0 saturated heterocycles. The zero-order valence-corrected chi connectivity index (χ0v) is 19.5. The second kappa shape index (κ2) is 10.0. The van der Waals surface area contributed by atoms with Gasteiger partial charge in [0.2, 0.25) is 0 Å². The Morgan fingerprint density at radius 1 is 1.13 bits per heavy atom. The molecule has 1 aliphatic carbocycles. The van der Waals surface area contributed by atoms with Crippen molar-refractivity contribution in [2.75, 3.05) is 11.1 Å². The van der Waals surface area contributed by atoms with Crippen molar-refractivity contribution in [2.24, 2.45) is 11.7 Å². The SMILES string of the molecule is Cc1cccc(C(C)NC(=O)Nc2ccc(S(=O)(=O)CC3CCC(N)CC3)cc2)c1Cl. The third kappa shape index (κ3) is 6.21. The third-order valence-electron chi connectivity index (χ3n) is 5.85. The van der Waals surface area contributed by atoms with Gasteiger partial charge in [0, 0.05) is 16.8 Å². The van der Waals surface area contributed by atoms with Crippen molar-refractivity contribution < 1.29 is 13.2 Å². The first kappa shape index (κ1) is 23.6. The van der Waals surface area contributed by atoms with Gasteiger partial charge >= 0.3 is 6.03 Å². The molecule has 1 atom stereocenters. The van der Waals surface area contributed by atoms with Gasteiger partial charge in [0.15, 0.2) is 9.84 Å². The molecule has 2 aromatic carbocycles. The number of hydrogen-bond acceptors (Lipinski definition) is 4. The van der Waals surface area contributed by atoms with Gasteiger partial charge in [-0.25, -0.2) is 13.2 Å². The number of hydrogen-bond donors (Lipinski definition) is 3. The lowest BCUT2D eigenvalue weighted by Gasteiger charge is -2.25. The number of carbonyl (C=O) groups is 1. The molecule has 0 bridgehead atoms. The van der Waals surface area contributed by atoms with Gasteiger partial charge in [0.25, 0.3) is 0 Å². The fraction of sp³-hybridized carbons (Fsp3) is 0.435. The van der Waals surface area contributed by atoms with E-state index in [-0.39, 0.29) is 34.7 Å². The first-order valence-electron chi connectivity index (χ1n) is 10.6. The zero-order valence-electron chi connectivity index (χ0n) is 17.9. The second-order valence-corrected chi connectivity index (χ2v) is 10.8. The molecule has 0 heterocycles. The average molecular weight is 464 g/mol. The van der Waals surface area contributed by atoms with Crippen LogP contribution in [-0.2, 0) is 9.84 Å². The number of aryl methyl sites for hydroxylation is 1. The maximum absolute atomic E-state index is 12.7. The van der Waals surface area contributed by atoms with Crippen LogP contribution in [0.1, 0.15) is 49.8 Å². The summed E-state index contributed by atoms with van der Waals surface area (Å²) < 4.78 is 25.5. The topological polar surface area (TPSA) is 101 Å². The lowest BCUT2D eigenvalue weighted by molar-refractivity contribution is 0.249. The van der Waals surface area contributed by atoms with Gasteiger partial charge in [0.05, 0.1) is 16.7 Å². The van der Waals surface area contributed by atoms with Gasteiger partial charge < -0.3 is 16.4 Å². The second-order valence-electron chi connectivity index (χ2n) is 8.38. The van der Waals surface area contributed by atoms with E-state index in [0.717, 1.165) is 36.8 Å². The Bertz CT molecular complexity index is 1020. The average Bonchev–Trinajstić information content (AvgIpc) is 2.72. The molecule has 8 heteroatoms.